The maximum atomic E-state index is 12.6. The highest BCUT2D eigenvalue weighted by Crippen LogP contribution is 2.13. The van der Waals surface area contributed by atoms with Crippen LogP contribution in [0.15, 0.2) is 29.3 Å². The van der Waals surface area contributed by atoms with E-state index in [4.69, 9.17) is 11.6 Å². The fourth-order valence-electron chi connectivity index (χ4n) is 3.93. The first-order valence-electron chi connectivity index (χ1n) is 10.9. The lowest BCUT2D eigenvalue weighted by atomic mass is 10.2. The highest BCUT2D eigenvalue weighted by atomic mass is 127. The lowest BCUT2D eigenvalue weighted by Crippen LogP contribution is -2.55. The molecule has 1 aromatic carbocycles. The molecule has 0 aromatic heterocycles. The minimum atomic E-state index is 0. The van der Waals surface area contributed by atoms with Crippen LogP contribution in [0.2, 0.25) is 5.02 Å². The average molecular weight is 563 g/mol. The van der Waals surface area contributed by atoms with E-state index in [-0.39, 0.29) is 29.9 Å². The first-order chi connectivity index (χ1) is 14.5. The van der Waals surface area contributed by atoms with E-state index in [9.17, 15) is 4.79 Å². The van der Waals surface area contributed by atoms with E-state index in [1.807, 2.05) is 29.2 Å². The van der Waals surface area contributed by atoms with Gasteiger partial charge in [0.15, 0.2) is 5.96 Å². The number of halogens is 2. The van der Waals surface area contributed by atoms with Gasteiger partial charge in [-0.05, 0) is 44.1 Å². The number of amides is 1. The number of hydrogen-bond acceptors (Lipinski definition) is 4. The molecule has 3 rings (SSSR count). The molecule has 2 fully saturated rings. The lowest BCUT2D eigenvalue weighted by Gasteiger charge is -2.36. The summed E-state index contributed by atoms with van der Waals surface area (Å²) in [6.07, 6.45) is 2.29. The smallest absolute Gasteiger partial charge is 0.242 e. The molecule has 2 aliphatic heterocycles. The number of rotatable bonds is 7. The normalized spacial score (nSPS) is 18.8. The van der Waals surface area contributed by atoms with Crippen molar-refractivity contribution in [1.29, 1.82) is 0 Å². The predicted molar refractivity (Wildman–Crippen MR) is 138 cm³/mol. The molecule has 0 radical (unpaired) electrons. The number of carbonyl (C=O) groups excluding carboxylic acids is 1. The van der Waals surface area contributed by atoms with Crippen LogP contribution in [-0.4, -0.2) is 104 Å². The third kappa shape index (κ3) is 8.40. The minimum absolute atomic E-state index is 0. The average Bonchev–Trinajstić information content (AvgIpc) is 2.75. The standard InChI is InChI=1S/C22H35ClN6O.HI/c1-24-22(25-9-3-4-10-27-13-11-26(2)12-14-27)29-16-15-28(21(30)18-29)17-19-5-7-20(23)8-6-19;/h5-8H,3-4,9-18H2,1-2H3,(H,24,25);1H. The molecular formula is C22H36ClIN6O. The molecule has 7 nitrogen and oxygen atoms in total. The molecule has 0 aliphatic carbocycles. The van der Waals surface area contributed by atoms with Gasteiger partial charge in [0.1, 0.15) is 0 Å². The van der Waals surface area contributed by atoms with Gasteiger partial charge >= 0.3 is 0 Å². The molecule has 0 saturated carbocycles. The van der Waals surface area contributed by atoms with Crippen LogP contribution in [0.3, 0.4) is 0 Å². The molecule has 0 spiro atoms. The van der Waals surface area contributed by atoms with Crippen molar-refractivity contribution in [3.05, 3.63) is 34.9 Å². The Morgan fingerprint density at radius 3 is 2.42 bits per heavy atom. The molecule has 2 heterocycles. The maximum Gasteiger partial charge on any atom is 0.242 e. The number of carbonyl (C=O) groups is 1. The van der Waals surface area contributed by atoms with E-state index < -0.39 is 0 Å². The Kier molecular flexibility index (Phi) is 11.3. The zero-order valence-electron chi connectivity index (χ0n) is 18.7. The molecule has 1 N–H and O–H groups in total. The fourth-order valence-corrected chi connectivity index (χ4v) is 4.06. The van der Waals surface area contributed by atoms with E-state index >= 15 is 0 Å². The zero-order valence-corrected chi connectivity index (χ0v) is 21.8. The number of nitrogens with zero attached hydrogens (tertiary/aromatic N) is 5. The Hall–Kier alpha value is -1.10. The summed E-state index contributed by atoms with van der Waals surface area (Å²) >= 11 is 5.95. The largest absolute Gasteiger partial charge is 0.356 e. The summed E-state index contributed by atoms with van der Waals surface area (Å²) in [5, 5.41) is 4.16. The number of unbranched alkanes of at least 4 members (excludes halogenated alkanes) is 1. The van der Waals surface area contributed by atoms with Crippen LogP contribution >= 0.6 is 35.6 Å². The van der Waals surface area contributed by atoms with E-state index in [2.05, 4.69) is 32.1 Å². The van der Waals surface area contributed by atoms with E-state index in [0.717, 1.165) is 37.6 Å². The van der Waals surface area contributed by atoms with Crippen LogP contribution in [0.5, 0.6) is 0 Å². The Balaban J connectivity index is 0.00000341. The number of aliphatic imine (C=N–C) groups is 1. The van der Waals surface area contributed by atoms with Crippen molar-refractivity contribution >= 4 is 47.4 Å². The second-order valence-electron chi connectivity index (χ2n) is 8.19. The molecule has 1 amide bonds. The van der Waals surface area contributed by atoms with Gasteiger partial charge in [0, 0.05) is 64.4 Å². The number of guanidine groups is 1. The van der Waals surface area contributed by atoms with E-state index in [1.165, 1.54) is 32.6 Å². The summed E-state index contributed by atoms with van der Waals surface area (Å²) in [7, 11) is 3.98. The Morgan fingerprint density at radius 2 is 1.77 bits per heavy atom. The number of likely N-dealkylation sites (N-methyl/N-ethyl adjacent to an activating group) is 1. The highest BCUT2D eigenvalue weighted by Gasteiger charge is 2.25. The van der Waals surface area contributed by atoms with Crippen LogP contribution in [0.25, 0.3) is 0 Å². The summed E-state index contributed by atoms with van der Waals surface area (Å²) in [5.74, 6) is 0.961. The van der Waals surface area contributed by atoms with Crippen LogP contribution in [0.4, 0.5) is 0 Å². The van der Waals surface area contributed by atoms with Crippen molar-refractivity contribution in [2.75, 3.05) is 73.0 Å². The van der Waals surface area contributed by atoms with Gasteiger partial charge in [0.25, 0.3) is 0 Å². The Labute approximate surface area is 208 Å². The topological polar surface area (TPSA) is 54.4 Å². The van der Waals surface area contributed by atoms with Gasteiger partial charge in [0.05, 0.1) is 6.54 Å². The first-order valence-corrected chi connectivity index (χ1v) is 11.3. The van der Waals surface area contributed by atoms with Crippen molar-refractivity contribution in [2.24, 2.45) is 4.99 Å². The zero-order chi connectivity index (χ0) is 21.3. The van der Waals surface area contributed by atoms with Gasteiger partial charge in [-0.1, -0.05) is 23.7 Å². The highest BCUT2D eigenvalue weighted by molar-refractivity contribution is 14.0. The van der Waals surface area contributed by atoms with Crippen molar-refractivity contribution in [1.82, 2.24) is 24.9 Å². The van der Waals surface area contributed by atoms with Gasteiger partial charge in [-0.25, -0.2) is 0 Å². The predicted octanol–water partition coefficient (Wildman–Crippen LogP) is 2.21. The van der Waals surface area contributed by atoms with Crippen molar-refractivity contribution in [3.63, 3.8) is 0 Å². The van der Waals surface area contributed by atoms with E-state index in [1.54, 1.807) is 7.05 Å². The second-order valence-corrected chi connectivity index (χ2v) is 8.63. The SMILES string of the molecule is CN=C(NCCCCN1CCN(C)CC1)N1CCN(Cc2ccc(Cl)cc2)C(=O)C1.I. The quantitative estimate of drug-likeness (QED) is 0.239. The molecule has 0 bridgehead atoms. The van der Waals surface area contributed by atoms with Gasteiger partial charge in [0.2, 0.25) is 5.91 Å². The molecule has 0 unspecified atom stereocenters. The van der Waals surface area contributed by atoms with Crippen LogP contribution in [-0.2, 0) is 11.3 Å². The molecule has 0 atom stereocenters. The fraction of sp³-hybridized carbons (Fsp3) is 0.636. The van der Waals surface area contributed by atoms with Gasteiger partial charge in [-0.15, -0.1) is 24.0 Å². The number of benzene rings is 1. The number of nitrogens with one attached hydrogen (secondary N) is 1. The minimum Gasteiger partial charge on any atom is -0.356 e. The number of hydrogen-bond donors (Lipinski definition) is 1. The summed E-state index contributed by atoms with van der Waals surface area (Å²) in [5.41, 5.74) is 1.10. The third-order valence-electron chi connectivity index (χ3n) is 5.90. The van der Waals surface area contributed by atoms with Gasteiger partial charge < -0.3 is 24.9 Å². The summed E-state index contributed by atoms with van der Waals surface area (Å²) in [4.78, 5) is 25.9. The van der Waals surface area contributed by atoms with Gasteiger partial charge in [-0.3, -0.25) is 9.79 Å². The van der Waals surface area contributed by atoms with Crippen LogP contribution in [0.1, 0.15) is 18.4 Å². The Morgan fingerprint density at radius 1 is 1.06 bits per heavy atom. The third-order valence-corrected chi connectivity index (χ3v) is 6.15. The number of piperazine rings is 2. The molecule has 174 valence electrons. The van der Waals surface area contributed by atoms with Crippen molar-refractivity contribution in [3.8, 4) is 0 Å². The molecule has 31 heavy (non-hydrogen) atoms. The molecule has 1 aromatic rings. The van der Waals surface area contributed by atoms with Crippen molar-refractivity contribution < 1.29 is 4.79 Å². The summed E-state index contributed by atoms with van der Waals surface area (Å²) < 4.78 is 0. The molecule has 2 saturated heterocycles. The first kappa shape index (κ1) is 26.2. The molecule has 2 aliphatic rings. The second kappa shape index (κ2) is 13.4. The van der Waals surface area contributed by atoms with Gasteiger partial charge in [-0.2, -0.15) is 0 Å². The lowest BCUT2D eigenvalue weighted by molar-refractivity contribution is -0.135. The maximum absolute atomic E-state index is 12.6. The summed E-state index contributed by atoms with van der Waals surface area (Å²) in [6, 6.07) is 7.69. The van der Waals surface area contributed by atoms with E-state index in [0.29, 0.717) is 24.7 Å². The van der Waals surface area contributed by atoms with Crippen LogP contribution < -0.4 is 5.32 Å². The molecule has 9 heteroatoms. The van der Waals surface area contributed by atoms with Crippen molar-refractivity contribution in [2.45, 2.75) is 19.4 Å². The summed E-state index contributed by atoms with van der Waals surface area (Å²) in [6.45, 7) is 9.23. The molecular weight excluding hydrogens is 527 g/mol. The van der Waals surface area contributed by atoms with Crippen LogP contribution in [0, 0.1) is 0 Å². The Bertz CT molecular complexity index is 708. The monoisotopic (exact) mass is 562 g/mol.